The lowest BCUT2D eigenvalue weighted by Gasteiger charge is -2.03. The molecule has 0 bridgehead atoms. The fourth-order valence-electron chi connectivity index (χ4n) is 1.63. The van der Waals surface area contributed by atoms with Crippen LogP contribution in [0.15, 0.2) is 22.8 Å². The highest BCUT2D eigenvalue weighted by atomic mass is 16.3. The normalized spacial score (nSPS) is 11.0. The molecule has 0 aliphatic carbocycles. The summed E-state index contributed by atoms with van der Waals surface area (Å²) in [6, 6.07) is 3.54. The summed E-state index contributed by atoms with van der Waals surface area (Å²) in [5.74, 6) is 2.06. The van der Waals surface area contributed by atoms with Crippen LogP contribution in [0.2, 0.25) is 0 Å². The highest BCUT2D eigenvalue weighted by Gasteiger charge is 2.13. The molecular weight excluding hydrogens is 246 g/mol. The first kappa shape index (κ1) is 11.5. The Labute approximate surface area is 108 Å². The quantitative estimate of drug-likeness (QED) is 0.724. The predicted octanol–water partition coefficient (Wildman–Crippen LogP) is 1.18. The molecule has 0 aromatic carbocycles. The van der Waals surface area contributed by atoms with Crippen molar-refractivity contribution in [2.45, 2.75) is 13.3 Å². The molecule has 19 heavy (non-hydrogen) atoms. The zero-order valence-corrected chi connectivity index (χ0v) is 10.4. The van der Waals surface area contributed by atoms with Crippen LogP contribution in [-0.2, 0) is 0 Å². The largest absolute Gasteiger partial charge is 0.461 e. The van der Waals surface area contributed by atoms with E-state index in [-0.39, 0.29) is 5.95 Å². The number of nitrogen functional groups attached to an aromatic ring is 1. The van der Waals surface area contributed by atoms with Crippen LogP contribution in [0.5, 0.6) is 0 Å². The Morgan fingerprint density at radius 2 is 2.26 bits per heavy atom. The van der Waals surface area contributed by atoms with Crippen molar-refractivity contribution in [1.29, 1.82) is 0 Å². The van der Waals surface area contributed by atoms with E-state index in [0.717, 1.165) is 13.0 Å². The summed E-state index contributed by atoms with van der Waals surface area (Å²) in [6.45, 7) is 2.83. The molecule has 0 saturated carbocycles. The molecule has 0 saturated heterocycles. The van der Waals surface area contributed by atoms with Gasteiger partial charge in [0.2, 0.25) is 17.7 Å². The number of nitrogens with zero attached hydrogens (tertiary/aromatic N) is 5. The molecule has 8 heteroatoms. The highest BCUT2D eigenvalue weighted by molar-refractivity contribution is 5.52. The molecule has 0 aliphatic heterocycles. The molecular formula is C11H13N7O. The van der Waals surface area contributed by atoms with Crippen LogP contribution in [0.25, 0.3) is 17.4 Å². The van der Waals surface area contributed by atoms with E-state index in [1.807, 2.05) is 0 Å². The average Bonchev–Trinajstić information content (AvgIpc) is 3.04. The fraction of sp³-hybridized carbons (Fsp3) is 0.273. The van der Waals surface area contributed by atoms with Crippen molar-refractivity contribution in [3.63, 3.8) is 0 Å². The molecule has 0 amide bonds. The van der Waals surface area contributed by atoms with Gasteiger partial charge in [-0.05, 0) is 18.6 Å². The van der Waals surface area contributed by atoms with E-state index in [9.17, 15) is 0 Å². The monoisotopic (exact) mass is 259 g/mol. The Morgan fingerprint density at radius 3 is 3.00 bits per heavy atom. The molecule has 3 rings (SSSR count). The second-order valence-electron chi connectivity index (χ2n) is 3.96. The predicted molar refractivity (Wildman–Crippen MR) is 69.5 cm³/mol. The van der Waals surface area contributed by atoms with Crippen molar-refractivity contribution in [2.24, 2.45) is 0 Å². The van der Waals surface area contributed by atoms with E-state index in [2.05, 4.69) is 32.3 Å². The minimum atomic E-state index is 0.230. The van der Waals surface area contributed by atoms with E-state index >= 15 is 0 Å². The molecule has 0 fully saturated rings. The summed E-state index contributed by atoms with van der Waals surface area (Å²) < 4.78 is 6.63. The van der Waals surface area contributed by atoms with Gasteiger partial charge in [-0.2, -0.15) is 19.5 Å². The van der Waals surface area contributed by atoms with Gasteiger partial charge in [-0.3, -0.25) is 0 Å². The van der Waals surface area contributed by atoms with E-state index in [1.54, 1.807) is 18.4 Å². The highest BCUT2D eigenvalue weighted by Crippen LogP contribution is 2.17. The van der Waals surface area contributed by atoms with Crippen molar-refractivity contribution in [3.05, 3.63) is 18.4 Å². The first-order valence-corrected chi connectivity index (χ1v) is 5.96. The van der Waals surface area contributed by atoms with Gasteiger partial charge in [0.25, 0.3) is 5.78 Å². The van der Waals surface area contributed by atoms with Gasteiger partial charge < -0.3 is 15.5 Å². The summed E-state index contributed by atoms with van der Waals surface area (Å²) >= 11 is 0. The number of furan rings is 1. The summed E-state index contributed by atoms with van der Waals surface area (Å²) in [5, 5.41) is 7.27. The van der Waals surface area contributed by atoms with Crippen molar-refractivity contribution >= 4 is 17.7 Å². The maximum atomic E-state index is 5.83. The minimum Gasteiger partial charge on any atom is -0.461 e. The third-order valence-electron chi connectivity index (χ3n) is 2.51. The molecule has 0 unspecified atom stereocenters. The summed E-state index contributed by atoms with van der Waals surface area (Å²) in [4.78, 5) is 12.6. The molecule has 3 heterocycles. The summed E-state index contributed by atoms with van der Waals surface area (Å²) in [7, 11) is 0. The van der Waals surface area contributed by atoms with Crippen LogP contribution in [0.1, 0.15) is 13.3 Å². The maximum absolute atomic E-state index is 5.83. The smallest absolute Gasteiger partial charge is 0.259 e. The van der Waals surface area contributed by atoms with Crippen molar-refractivity contribution in [1.82, 2.24) is 24.6 Å². The second-order valence-corrected chi connectivity index (χ2v) is 3.96. The van der Waals surface area contributed by atoms with Crippen LogP contribution in [0.3, 0.4) is 0 Å². The Bertz CT molecular complexity index is 688. The van der Waals surface area contributed by atoms with Gasteiger partial charge in [0, 0.05) is 6.54 Å². The first-order chi connectivity index (χ1) is 9.28. The number of hydrogen-bond donors (Lipinski definition) is 2. The third-order valence-corrected chi connectivity index (χ3v) is 2.51. The van der Waals surface area contributed by atoms with Crippen molar-refractivity contribution in [3.8, 4) is 11.6 Å². The van der Waals surface area contributed by atoms with Gasteiger partial charge >= 0.3 is 0 Å². The van der Waals surface area contributed by atoms with E-state index < -0.39 is 0 Å². The summed E-state index contributed by atoms with van der Waals surface area (Å²) in [6.07, 6.45) is 2.53. The van der Waals surface area contributed by atoms with Gasteiger partial charge in [0.15, 0.2) is 5.76 Å². The number of anilines is 2. The van der Waals surface area contributed by atoms with E-state index in [0.29, 0.717) is 23.3 Å². The lowest BCUT2D eigenvalue weighted by atomic mass is 10.4. The topological polar surface area (TPSA) is 107 Å². The van der Waals surface area contributed by atoms with Crippen LogP contribution in [0, 0.1) is 0 Å². The number of aromatic nitrogens is 5. The SMILES string of the molecule is CCCNc1nc(N)n2nc(-c3ccco3)nc2n1. The van der Waals surface area contributed by atoms with Crippen LogP contribution in [0.4, 0.5) is 11.9 Å². The van der Waals surface area contributed by atoms with Gasteiger partial charge in [0.05, 0.1) is 6.26 Å². The number of hydrogen-bond acceptors (Lipinski definition) is 7. The lowest BCUT2D eigenvalue weighted by Crippen LogP contribution is -2.10. The molecule has 3 N–H and O–H groups in total. The van der Waals surface area contributed by atoms with Gasteiger partial charge in [-0.25, -0.2) is 0 Å². The number of fused-ring (bicyclic) bond motifs is 1. The minimum absolute atomic E-state index is 0.230. The Hall–Kier alpha value is -2.64. The molecule has 0 aliphatic rings. The number of nitrogens with one attached hydrogen (secondary N) is 1. The van der Waals surface area contributed by atoms with E-state index in [1.165, 1.54) is 4.52 Å². The number of rotatable bonds is 4. The zero-order chi connectivity index (χ0) is 13.2. The number of nitrogens with two attached hydrogens (primary N) is 1. The zero-order valence-electron chi connectivity index (χ0n) is 10.4. The van der Waals surface area contributed by atoms with Gasteiger partial charge in [-0.15, -0.1) is 5.10 Å². The molecule has 98 valence electrons. The molecule has 0 spiro atoms. The Morgan fingerprint density at radius 1 is 1.37 bits per heavy atom. The third kappa shape index (κ3) is 2.07. The Balaban J connectivity index is 2.04. The lowest BCUT2D eigenvalue weighted by molar-refractivity contribution is 0.577. The standard InChI is InChI=1S/C11H13N7O/c1-2-5-13-10-15-9(12)18-11(16-10)14-8(17-18)7-4-3-6-19-7/h3-4,6H,2,5H2,1H3,(H3,12,13,14,15,16,17). The fourth-order valence-corrected chi connectivity index (χ4v) is 1.63. The molecule has 0 radical (unpaired) electrons. The molecule has 3 aromatic heterocycles. The Kier molecular flexibility index (Phi) is 2.75. The summed E-state index contributed by atoms with van der Waals surface area (Å²) in [5.41, 5.74) is 5.83. The second kappa shape index (κ2) is 4.56. The maximum Gasteiger partial charge on any atom is 0.259 e. The average molecular weight is 259 g/mol. The van der Waals surface area contributed by atoms with Crippen LogP contribution in [-0.4, -0.2) is 31.1 Å². The van der Waals surface area contributed by atoms with Crippen LogP contribution < -0.4 is 11.1 Å². The van der Waals surface area contributed by atoms with Crippen molar-refractivity contribution < 1.29 is 4.42 Å². The van der Waals surface area contributed by atoms with Gasteiger partial charge in [0.1, 0.15) is 0 Å². The van der Waals surface area contributed by atoms with Gasteiger partial charge in [-0.1, -0.05) is 6.92 Å². The van der Waals surface area contributed by atoms with Crippen molar-refractivity contribution in [2.75, 3.05) is 17.6 Å². The molecule has 0 atom stereocenters. The molecule has 8 nitrogen and oxygen atoms in total. The molecule has 3 aromatic rings. The first-order valence-electron chi connectivity index (χ1n) is 5.96. The van der Waals surface area contributed by atoms with Crippen LogP contribution >= 0.6 is 0 Å². The van der Waals surface area contributed by atoms with E-state index in [4.69, 9.17) is 10.2 Å².